The SMILES string of the molecule is CC[C@H](O)[C@@H](C)[C@H]1O[C@@H]1C[C@@](C)(O)/C=C/C=C(\C)[C@H]1OC(=O)C[C@H](O)CC[C@](C)(C2CN(C)CCN2C(=O)O)[C@H](OC(C)=O)/C=C/[C@@H]1C. The molecule has 12 heteroatoms. The zero-order valence-corrected chi connectivity index (χ0v) is 29.9. The smallest absolute Gasteiger partial charge is 0.407 e. The molecule has 0 radical (unpaired) electrons. The first kappa shape index (κ1) is 39.7. The van der Waals surface area contributed by atoms with Gasteiger partial charge < -0.3 is 44.4 Å². The van der Waals surface area contributed by atoms with Crippen molar-refractivity contribution in [2.45, 2.75) is 129 Å². The van der Waals surface area contributed by atoms with Crippen molar-refractivity contribution in [1.82, 2.24) is 9.80 Å². The molecule has 3 aliphatic rings. The van der Waals surface area contributed by atoms with E-state index in [4.69, 9.17) is 14.2 Å². The Bertz CT molecular complexity index is 1220. The van der Waals surface area contributed by atoms with Crippen molar-refractivity contribution in [3.8, 4) is 0 Å². The molecule has 3 heterocycles. The van der Waals surface area contributed by atoms with Gasteiger partial charge in [-0.15, -0.1) is 0 Å². The van der Waals surface area contributed by atoms with Crippen LogP contribution in [0.2, 0.25) is 0 Å². The maximum Gasteiger partial charge on any atom is 0.407 e. The number of ether oxygens (including phenoxy) is 3. The van der Waals surface area contributed by atoms with Crippen molar-refractivity contribution in [3.05, 3.63) is 36.0 Å². The summed E-state index contributed by atoms with van der Waals surface area (Å²) in [5, 5.41) is 42.2. The number of carbonyl (C=O) groups excluding carboxylic acids is 2. The predicted molar refractivity (Wildman–Crippen MR) is 180 cm³/mol. The third-order valence-corrected chi connectivity index (χ3v) is 10.3. The fourth-order valence-electron chi connectivity index (χ4n) is 7.09. The van der Waals surface area contributed by atoms with Crippen molar-refractivity contribution in [2.24, 2.45) is 17.3 Å². The van der Waals surface area contributed by atoms with Gasteiger partial charge in [0.25, 0.3) is 0 Å². The highest BCUT2D eigenvalue weighted by Gasteiger charge is 2.49. The number of aliphatic hydroxyl groups excluding tert-OH is 2. The Hall–Kier alpha value is -2.77. The summed E-state index contributed by atoms with van der Waals surface area (Å²) in [6, 6.07) is -0.549. The zero-order valence-electron chi connectivity index (χ0n) is 29.9. The summed E-state index contributed by atoms with van der Waals surface area (Å²) in [6.07, 6.45) is 5.55. The quantitative estimate of drug-likeness (QED) is 0.115. The molecule has 4 N–H and O–H groups in total. The zero-order chi connectivity index (χ0) is 36.0. The van der Waals surface area contributed by atoms with Gasteiger partial charge in [-0.1, -0.05) is 52.0 Å². The first-order valence-electron chi connectivity index (χ1n) is 17.2. The lowest BCUT2D eigenvalue weighted by Crippen LogP contribution is -2.62. The average molecular weight is 679 g/mol. The molecule has 0 aromatic rings. The minimum Gasteiger partial charge on any atom is -0.465 e. The van der Waals surface area contributed by atoms with Crippen LogP contribution < -0.4 is 0 Å². The molecule has 2 saturated heterocycles. The van der Waals surface area contributed by atoms with Crippen molar-refractivity contribution >= 4 is 18.0 Å². The fraction of sp³-hybridized carbons (Fsp3) is 0.750. The van der Waals surface area contributed by atoms with Gasteiger partial charge in [-0.25, -0.2) is 4.79 Å². The monoisotopic (exact) mass is 678 g/mol. The van der Waals surface area contributed by atoms with E-state index in [1.807, 2.05) is 52.6 Å². The van der Waals surface area contributed by atoms with E-state index in [-0.39, 0.29) is 43.9 Å². The van der Waals surface area contributed by atoms with Gasteiger partial charge in [0.2, 0.25) is 0 Å². The molecule has 1 unspecified atom stereocenters. The molecule has 2 fully saturated rings. The van der Waals surface area contributed by atoms with Crippen LogP contribution in [0.3, 0.4) is 0 Å². The molecule has 0 aromatic carbocycles. The molecular formula is C36H58N2O10. The number of allylic oxidation sites excluding steroid dienone is 2. The number of nitrogens with zero attached hydrogens (tertiary/aromatic N) is 2. The summed E-state index contributed by atoms with van der Waals surface area (Å²) in [5.41, 5.74) is -1.41. The van der Waals surface area contributed by atoms with Crippen LogP contribution in [0.1, 0.15) is 80.6 Å². The van der Waals surface area contributed by atoms with Gasteiger partial charge in [0.15, 0.2) is 0 Å². The van der Waals surface area contributed by atoms with Crippen molar-refractivity contribution < 1.29 is 49.0 Å². The van der Waals surface area contributed by atoms with Crippen LogP contribution in [0.5, 0.6) is 0 Å². The van der Waals surface area contributed by atoms with E-state index in [0.29, 0.717) is 31.5 Å². The minimum atomic E-state index is -1.18. The molecule has 0 bridgehead atoms. The van der Waals surface area contributed by atoms with Gasteiger partial charge in [-0.3, -0.25) is 9.59 Å². The number of rotatable bonds is 10. The van der Waals surface area contributed by atoms with Crippen molar-refractivity contribution in [1.29, 1.82) is 0 Å². The Labute approximate surface area is 285 Å². The van der Waals surface area contributed by atoms with Crippen LogP contribution in [0.4, 0.5) is 4.79 Å². The number of likely N-dealkylation sites (N-methyl/N-ethyl adjacent to an activating group) is 1. The van der Waals surface area contributed by atoms with E-state index in [2.05, 4.69) is 0 Å². The number of hydrogen-bond acceptors (Lipinski definition) is 10. The maximum atomic E-state index is 13.1. The molecule has 3 aliphatic heterocycles. The highest BCUT2D eigenvalue weighted by atomic mass is 16.6. The second-order valence-electron chi connectivity index (χ2n) is 14.6. The van der Waals surface area contributed by atoms with Crippen molar-refractivity contribution in [3.63, 3.8) is 0 Å². The van der Waals surface area contributed by atoms with Crippen LogP contribution in [0.15, 0.2) is 36.0 Å². The third kappa shape index (κ3) is 10.6. The van der Waals surface area contributed by atoms with Gasteiger partial charge >= 0.3 is 18.0 Å². The molecule has 48 heavy (non-hydrogen) atoms. The van der Waals surface area contributed by atoms with Crippen LogP contribution in [-0.2, 0) is 23.8 Å². The molecule has 12 nitrogen and oxygen atoms in total. The van der Waals surface area contributed by atoms with Gasteiger partial charge in [0.05, 0.1) is 42.5 Å². The lowest BCUT2D eigenvalue weighted by atomic mass is 9.70. The number of hydrogen-bond donors (Lipinski definition) is 4. The highest BCUT2D eigenvalue weighted by molar-refractivity contribution is 5.70. The van der Waals surface area contributed by atoms with Crippen molar-refractivity contribution in [2.75, 3.05) is 26.7 Å². The second-order valence-corrected chi connectivity index (χ2v) is 14.6. The van der Waals surface area contributed by atoms with E-state index in [1.165, 1.54) is 11.8 Å². The molecular weight excluding hydrogens is 620 g/mol. The normalized spacial score (nSPS) is 35.8. The molecule has 0 spiro atoms. The van der Waals surface area contributed by atoms with E-state index in [9.17, 15) is 34.8 Å². The molecule has 272 valence electrons. The predicted octanol–water partition coefficient (Wildman–Crippen LogP) is 3.69. The summed E-state index contributed by atoms with van der Waals surface area (Å²) in [7, 11) is 1.91. The standard InChI is InChI=1S/C36H58N2O10/c1-9-27(41)24(4)33-28(47-33)20-35(6,45)15-10-11-22(2)32-23(3)12-13-30(46-25(5)39)36(7,16-14-26(40)19-31(42)48-32)29-21-37(8)17-18-38(29)34(43)44/h10-13,15,23-24,26-30,32-33,40-41,45H,9,14,16-21H2,1-8H3,(H,43,44)/b13-12+,15-10+,22-11+/t23-,24+,26+,27-,28+,29?,30+,32+,33+,35-,36+/m0/s1. The number of piperazine rings is 1. The number of amides is 1. The second kappa shape index (κ2) is 16.8. The maximum absolute atomic E-state index is 13.1. The van der Waals surface area contributed by atoms with Gasteiger partial charge in [-0.2, -0.15) is 0 Å². The Morgan fingerprint density at radius 2 is 1.94 bits per heavy atom. The first-order chi connectivity index (χ1) is 22.4. The molecule has 1 amide bonds. The number of epoxide rings is 1. The summed E-state index contributed by atoms with van der Waals surface area (Å²) < 4.78 is 17.5. The average Bonchev–Trinajstić information content (AvgIpc) is 3.76. The molecule has 3 rings (SSSR count). The van der Waals surface area contributed by atoms with E-state index < -0.39 is 65.4 Å². The van der Waals surface area contributed by atoms with Gasteiger partial charge in [-0.05, 0) is 51.8 Å². The molecule has 11 atom stereocenters. The topological polar surface area (TPSA) is 170 Å². The molecule has 0 aromatic heterocycles. The largest absolute Gasteiger partial charge is 0.465 e. The Kier molecular flexibility index (Phi) is 13.8. The van der Waals surface area contributed by atoms with E-state index >= 15 is 0 Å². The fourth-order valence-corrected chi connectivity index (χ4v) is 7.09. The van der Waals surface area contributed by atoms with Crippen LogP contribution >= 0.6 is 0 Å². The summed E-state index contributed by atoms with van der Waals surface area (Å²) >= 11 is 0. The first-order valence-corrected chi connectivity index (χ1v) is 17.2. The summed E-state index contributed by atoms with van der Waals surface area (Å²) in [6.45, 7) is 13.7. The summed E-state index contributed by atoms with van der Waals surface area (Å²) in [5.74, 6) is -1.50. The Balaban J connectivity index is 1.88. The van der Waals surface area contributed by atoms with Gasteiger partial charge in [0.1, 0.15) is 12.2 Å². The lowest BCUT2D eigenvalue weighted by Gasteiger charge is -2.50. The number of carboxylic acid groups (broad SMARTS) is 1. The minimum absolute atomic E-state index is 0.0239. The Morgan fingerprint density at radius 1 is 1.25 bits per heavy atom. The molecule has 0 saturated carbocycles. The lowest BCUT2D eigenvalue weighted by molar-refractivity contribution is -0.154. The number of carbonyl (C=O) groups is 3. The number of aliphatic hydroxyl groups is 3. The highest BCUT2D eigenvalue weighted by Crippen LogP contribution is 2.41. The number of esters is 2. The van der Waals surface area contributed by atoms with Gasteiger partial charge in [0, 0.05) is 50.2 Å². The molecule has 0 aliphatic carbocycles. The van der Waals surface area contributed by atoms with Crippen LogP contribution in [0, 0.1) is 17.3 Å². The van der Waals surface area contributed by atoms with E-state index in [1.54, 1.807) is 31.2 Å². The van der Waals surface area contributed by atoms with Crippen LogP contribution in [-0.4, -0.2) is 123 Å². The third-order valence-electron chi connectivity index (χ3n) is 10.3. The van der Waals surface area contributed by atoms with E-state index in [0.717, 1.165) is 0 Å². The summed E-state index contributed by atoms with van der Waals surface area (Å²) in [4.78, 5) is 41.2. The Morgan fingerprint density at radius 3 is 2.56 bits per heavy atom. The van der Waals surface area contributed by atoms with Crippen LogP contribution in [0.25, 0.3) is 0 Å². The number of cyclic esters (lactones) is 1.